The topological polar surface area (TPSA) is 95.9 Å². The number of nitrogens with zero attached hydrogens (tertiary/aromatic N) is 1. The minimum atomic E-state index is -1.03. The van der Waals surface area contributed by atoms with Crippen LogP contribution in [0.4, 0.5) is 0 Å². The van der Waals surface area contributed by atoms with Gasteiger partial charge in [-0.2, -0.15) is 0 Å². The Balaban J connectivity index is 1.89. The summed E-state index contributed by atoms with van der Waals surface area (Å²) >= 11 is 0. The summed E-state index contributed by atoms with van der Waals surface area (Å²) in [5, 5.41) is 12.0. The van der Waals surface area contributed by atoms with Gasteiger partial charge in [-0.25, -0.2) is 4.79 Å². The molecule has 1 heterocycles. The van der Waals surface area contributed by atoms with Gasteiger partial charge in [0.2, 0.25) is 5.91 Å². The predicted molar refractivity (Wildman–Crippen MR) is 100 cm³/mol. The molecule has 1 fully saturated rings. The Kier molecular flexibility index (Phi) is 7.64. The Labute approximate surface area is 159 Å². The van der Waals surface area contributed by atoms with Crippen molar-refractivity contribution in [3.05, 3.63) is 30.3 Å². The van der Waals surface area contributed by atoms with Gasteiger partial charge in [-0.05, 0) is 30.9 Å². The van der Waals surface area contributed by atoms with Gasteiger partial charge in [-0.1, -0.05) is 38.5 Å². The van der Waals surface area contributed by atoms with Gasteiger partial charge >= 0.3 is 5.97 Å². The van der Waals surface area contributed by atoms with E-state index in [0.717, 1.165) is 0 Å². The smallest absolute Gasteiger partial charge is 0.326 e. The number of aliphatic carboxylic acids is 1. The summed E-state index contributed by atoms with van der Waals surface area (Å²) < 4.78 is 5.49. The Morgan fingerprint density at radius 2 is 2.00 bits per heavy atom. The van der Waals surface area contributed by atoms with Gasteiger partial charge in [-0.3, -0.25) is 9.59 Å². The molecule has 148 valence electrons. The molecule has 1 aromatic rings. The van der Waals surface area contributed by atoms with Gasteiger partial charge in [0, 0.05) is 13.1 Å². The van der Waals surface area contributed by atoms with Crippen molar-refractivity contribution in [1.82, 2.24) is 10.2 Å². The number of benzene rings is 1. The first-order valence-electron chi connectivity index (χ1n) is 9.41. The molecule has 7 heteroatoms. The van der Waals surface area contributed by atoms with Crippen LogP contribution >= 0.6 is 0 Å². The summed E-state index contributed by atoms with van der Waals surface area (Å²) in [4.78, 5) is 38.0. The number of nitrogens with one attached hydrogen (secondary N) is 1. The van der Waals surface area contributed by atoms with Crippen molar-refractivity contribution < 1.29 is 24.2 Å². The molecule has 0 radical (unpaired) electrons. The largest absolute Gasteiger partial charge is 0.484 e. The molecule has 0 aromatic heterocycles. The second-order valence-corrected chi connectivity index (χ2v) is 6.99. The second kappa shape index (κ2) is 9.94. The molecule has 7 nitrogen and oxygen atoms in total. The maximum Gasteiger partial charge on any atom is 0.326 e. The molecule has 0 bridgehead atoms. The highest BCUT2D eigenvalue weighted by Gasteiger charge is 2.32. The van der Waals surface area contributed by atoms with E-state index in [-0.39, 0.29) is 30.9 Å². The van der Waals surface area contributed by atoms with Crippen LogP contribution in [-0.2, 0) is 14.4 Å². The van der Waals surface area contributed by atoms with Gasteiger partial charge in [0.1, 0.15) is 11.8 Å². The van der Waals surface area contributed by atoms with Crippen LogP contribution in [0, 0.1) is 11.8 Å². The fraction of sp³-hybridized carbons (Fsp3) is 0.550. The van der Waals surface area contributed by atoms with Crippen molar-refractivity contribution in [3.63, 3.8) is 0 Å². The number of carbonyl (C=O) groups excluding carboxylic acids is 2. The number of likely N-dealkylation sites (tertiary alicyclic amines) is 1. The first-order chi connectivity index (χ1) is 12.9. The van der Waals surface area contributed by atoms with Crippen LogP contribution in [0.1, 0.15) is 33.1 Å². The first-order valence-corrected chi connectivity index (χ1v) is 9.41. The highest BCUT2D eigenvalue weighted by Crippen LogP contribution is 2.19. The molecule has 0 aliphatic carbocycles. The Bertz CT molecular complexity index is 649. The number of hydrogen-bond donors (Lipinski definition) is 2. The quantitative estimate of drug-likeness (QED) is 0.723. The SMILES string of the molecule is CCC(C)C(NC(=O)C1CCCN(C(=O)COc2ccccc2)C1)C(=O)O. The van der Waals surface area contributed by atoms with Crippen LogP contribution < -0.4 is 10.1 Å². The van der Waals surface area contributed by atoms with E-state index in [1.54, 1.807) is 24.0 Å². The minimum Gasteiger partial charge on any atom is -0.484 e. The lowest BCUT2D eigenvalue weighted by atomic mass is 9.94. The fourth-order valence-electron chi connectivity index (χ4n) is 3.12. The van der Waals surface area contributed by atoms with Crippen LogP contribution in [0.5, 0.6) is 5.75 Å². The van der Waals surface area contributed by atoms with Crippen LogP contribution in [0.15, 0.2) is 30.3 Å². The van der Waals surface area contributed by atoms with Crippen molar-refractivity contribution in [3.8, 4) is 5.75 Å². The third kappa shape index (κ3) is 5.98. The number of ether oxygens (including phenoxy) is 1. The number of rotatable bonds is 8. The number of carboxylic acids is 1. The van der Waals surface area contributed by atoms with E-state index >= 15 is 0 Å². The molecule has 27 heavy (non-hydrogen) atoms. The molecular formula is C20H28N2O5. The molecule has 1 aliphatic heterocycles. The van der Waals surface area contributed by atoms with E-state index in [1.807, 2.05) is 25.1 Å². The summed E-state index contributed by atoms with van der Waals surface area (Å²) in [6.07, 6.45) is 2.00. The molecule has 0 saturated carbocycles. The fourth-order valence-corrected chi connectivity index (χ4v) is 3.12. The number of para-hydroxylation sites is 1. The van der Waals surface area contributed by atoms with E-state index in [9.17, 15) is 19.5 Å². The predicted octanol–water partition coefficient (Wildman–Crippen LogP) is 1.92. The Hall–Kier alpha value is -2.57. The summed E-state index contributed by atoms with van der Waals surface area (Å²) in [5.41, 5.74) is 0. The standard InChI is InChI=1S/C20H28N2O5/c1-3-14(2)18(20(25)26)21-19(24)15-8-7-11-22(12-15)17(23)13-27-16-9-5-4-6-10-16/h4-6,9-10,14-15,18H,3,7-8,11-13H2,1-2H3,(H,21,24)(H,25,26). The lowest BCUT2D eigenvalue weighted by Crippen LogP contribution is -2.51. The van der Waals surface area contributed by atoms with Gasteiger partial charge in [0.15, 0.2) is 6.61 Å². The molecule has 0 spiro atoms. The Morgan fingerprint density at radius 3 is 2.63 bits per heavy atom. The Morgan fingerprint density at radius 1 is 1.30 bits per heavy atom. The number of hydrogen-bond acceptors (Lipinski definition) is 4. The highest BCUT2D eigenvalue weighted by atomic mass is 16.5. The van der Waals surface area contributed by atoms with Gasteiger partial charge < -0.3 is 20.1 Å². The molecule has 2 rings (SSSR count). The molecular weight excluding hydrogens is 348 g/mol. The average Bonchev–Trinajstić information content (AvgIpc) is 2.70. The minimum absolute atomic E-state index is 0.0804. The van der Waals surface area contributed by atoms with Crippen LogP contribution in [0.3, 0.4) is 0 Å². The number of carbonyl (C=O) groups is 3. The average molecular weight is 376 g/mol. The van der Waals surface area contributed by atoms with Gasteiger partial charge in [0.25, 0.3) is 5.91 Å². The number of amides is 2. The van der Waals surface area contributed by atoms with E-state index in [1.165, 1.54) is 0 Å². The van der Waals surface area contributed by atoms with E-state index in [4.69, 9.17) is 4.74 Å². The normalized spacial score (nSPS) is 19.0. The molecule has 2 amide bonds. The van der Waals surface area contributed by atoms with Crippen LogP contribution in [0.2, 0.25) is 0 Å². The number of carboxylic acid groups (broad SMARTS) is 1. The highest BCUT2D eigenvalue weighted by molar-refractivity contribution is 5.86. The number of piperidine rings is 1. The van der Waals surface area contributed by atoms with Crippen molar-refractivity contribution in [1.29, 1.82) is 0 Å². The molecule has 3 atom stereocenters. The lowest BCUT2D eigenvalue weighted by Gasteiger charge is -2.33. The van der Waals surface area contributed by atoms with Crippen molar-refractivity contribution in [2.24, 2.45) is 11.8 Å². The maximum atomic E-state index is 12.5. The third-order valence-electron chi connectivity index (χ3n) is 5.03. The molecule has 1 saturated heterocycles. The van der Waals surface area contributed by atoms with E-state index < -0.39 is 17.9 Å². The van der Waals surface area contributed by atoms with Gasteiger partial charge in [0.05, 0.1) is 5.92 Å². The van der Waals surface area contributed by atoms with Crippen molar-refractivity contribution in [2.75, 3.05) is 19.7 Å². The summed E-state index contributed by atoms with van der Waals surface area (Å²) in [6, 6.07) is 8.18. The van der Waals surface area contributed by atoms with Crippen molar-refractivity contribution in [2.45, 2.75) is 39.2 Å². The molecule has 1 aromatic carbocycles. The zero-order chi connectivity index (χ0) is 19.8. The van der Waals surface area contributed by atoms with Gasteiger partial charge in [-0.15, -0.1) is 0 Å². The monoisotopic (exact) mass is 376 g/mol. The zero-order valence-corrected chi connectivity index (χ0v) is 15.9. The van der Waals surface area contributed by atoms with Crippen molar-refractivity contribution >= 4 is 17.8 Å². The third-order valence-corrected chi connectivity index (χ3v) is 5.03. The molecule has 3 unspecified atom stereocenters. The van der Waals surface area contributed by atoms with E-state index in [0.29, 0.717) is 31.6 Å². The van der Waals surface area contributed by atoms with E-state index in [2.05, 4.69) is 5.32 Å². The molecule has 1 aliphatic rings. The second-order valence-electron chi connectivity index (χ2n) is 6.99. The summed E-state index contributed by atoms with van der Waals surface area (Å²) in [7, 11) is 0. The zero-order valence-electron chi connectivity index (χ0n) is 15.9. The molecule has 2 N–H and O–H groups in total. The van der Waals surface area contributed by atoms with Crippen LogP contribution in [0.25, 0.3) is 0 Å². The summed E-state index contributed by atoms with van der Waals surface area (Å²) in [6.45, 7) is 4.48. The maximum absolute atomic E-state index is 12.5. The lowest BCUT2D eigenvalue weighted by molar-refractivity contribution is -0.145. The first kappa shape index (κ1) is 20.7. The van der Waals surface area contributed by atoms with Crippen LogP contribution in [-0.4, -0.2) is 53.5 Å². The summed E-state index contributed by atoms with van der Waals surface area (Å²) in [5.74, 6) is -1.44.